The highest BCUT2D eigenvalue weighted by Crippen LogP contribution is 2.59. The lowest BCUT2D eigenvalue weighted by atomic mass is 10.1. The van der Waals surface area contributed by atoms with Crippen molar-refractivity contribution in [2.75, 3.05) is 5.32 Å². The standard InChI is InChI=1S/C14H21N3OS/c1-6-10-16-17-13(19-10)15-12(18)11-9(7-8(2)3)14(11,4)5/h7,9,11H,6H2,1-5H3,(H,15,17,18)/t9-,11-/m0/s1. The average molecular weight is 279 g/mol. The maximum absolute atomic E-state index is 12.3. The van der Waals surface area contributed by atoms with Crippen LogP contribution in [0.25, 0.3) is 0 Å². The Bertz CT molecular complexity index is 515. The average Bonchev–Trinajstić information content (AvgIpc) is 2.70. The highest BCUT2D eigenvalue weighted by atomic mass is 32.1. The molecule has 104 valence electrons. The van der Waals surface area contributed by atoms with Crippen LogP contribution in [-0.4, -0.2) is 16.1 Å². The van der Waals surface area contributed by atoms with Crippen molar-refractivity contribution in [2.45, 2.75) is 41.0 Å². The van der Waals surface area contributed by atoms with Gasteiger partial charge in [0.25, 0.3) is 0 Å². The summed E-state index contributed by atoms with van der Waals surface area (Å²) in [5, 5.41) is 12.5. The number of nitrogens with one attached hydrogen (secondary N) is 1. The Labute approximate surface area is 118 Å². The molecule has 2 rings (SSSR count). The van der Waals surface area contributed by atoms with Gasteiger partial charge in [-0.15, -0.1) is 10.2 Å². The number of carbonyl (C=O) groups is 1. The van der Waals surface area contributed by atoms with E-state index < -0.39 is 0 Å². The molecule has 0 aromatic carbocycles. The molecule has 0 aliphatic heterocycles. The quantitative estimate of drug-likeness (QED) is 0.861. The van der Waals surface area contributed by atoms with E-state index in [2.05, 4.69) is 49.3 Å². The van der Waals surface area contributed by atoms with Gasteiger partial charge in [0.2, 0.25) is 11.0 Å². The van der Waals surface area contributed by atoms with E-state index in [-0.39, 0.29) is 17.2 Å². The summed E-state index contributed by atoms with van der Waals surface area (Å²) >= 11 is 1.45. The van der Waals surface area contributed by atoms with Gasteiger partial charge in [0, 0.05) is 0 Å². The van der Waals surface area contributed by atoms with E-state index in [0.29, 0.717) is 11.0 Å². The van der Waals surface area contributed by atoms with Crippen LogP contribution in [0.5, 0.6) is 0 Å². The Morgan fingerprint density at radius 1 is 1.42 bits per heavy atom. The van der Waals surface area contributed by atoms with Crippen LogP contribution in [0, 0.1) is 17.3 Å². The summed E-state index contributed by atoms with van der Waals surface area (Å²) in [6, 6.07) is 0. The number of amides is 1. The fraction of sp³-hybridized carbons (Fsp3) is 0.643. The molecule has 1 fully saturated rings. The Morgan fingerprint density at radius 3 is 2.63 bits per heavy atom. The number of nitrogens with zero attached hydrogens (tertiary/aromatic N) is 2. The fourth-order valence-corrected chi connectivity index (χ4v) is 3.16. The summed E-state index contributed by atoms with van der Waals surface area (Å²) in [7, 11) is 0. The Balaban J connectivity index is 2.03. The first-order valence-electron chi connectivity index (χ1n) is 6.64. The van der Waals surface area contributed by atoms with Crippen molar-refractivity contribution in [1.82, 2.24) is 10.2 Å². The molecule has 1 aliphatic rings. The van der Waals surface area contributed by atoms with Crippen LogP contribution in [0.15, 0.2) is 11.6 Å². The summed E-state index contributed by atoms with van der Waals surface area (Å²) in [6.45, 7) is 10.4. The smallest absolute Gasteiger partial charge is 0.230 e. The molecule has 5 heteroatoms. The van der Waals surface area contributed by atoms with Crippen molar-refractivity contribution in [3.8, 4) is 0 Å². The molecule has 0 bridgehead atoms. The van der Waals surface area contributed by atoms with Crippen LogP contribution >= 0.6 is 11.3 Å². The number of aryl methyl sites for hydroxylation is 1. The lowest BCUT2D eigenvalue weighted by molar-refractivity contribution is -0.118. The van der Waals surface area contributed by atoms with Gasteiger partial charge >= 0.3 is 0 Å². The SMILES string of the molecule is CCc1nnc(NC(=O)[C@@H]2[C@H](C=C(C)C)C2(C)C)s1. The molecule has 1 heterocycles. The Kier molecular flexibility index (Phi) is 3.76. The monoisotopic (exact) mass is 279 g/mol. The van der Waals surface area contributed by atoms with Crippen LogP contribution in [0.1, 0.15) is 39.6 Å². The molecule has 1 aliphatic carbocycles. The number of hydrogen-bond donors (Lipinski definition) is 1. The van der Waals surface area contributed by atoms with E-state index in [4.69, 9.17) is 0 Å². The minimum absolute atomic E-state index is 0.0383. The molecule has 0 spiro atoms. The fourth-order valence-electron chi connectivity index (χ4n) is 2.48. The van der Waals surface area contributed by atoms with E-state index in [9.17, 15) is 4.79 Å². The van der Waals surface area contributed by atoms with Gasteiger partial charge in [0.05, 0.1) is 5.92 Å². The first-order valence-corrected chi connectivity index (χ1v) is 7.46. The van der Waals surface area contributed by atoms with Gasteiger partial charge in [-0.2, -0.15) is 0 Å². The summed E-state index contributed by atoms with van der Waals surface area (Å²) in [5.74, 6) is 0.429. The molecule has 4 nitrogen and oxygen atoms in total. The van der Waals surface area contributed by atoms with Gasteiger partial charge in [0.15, 0.2) is 0 Å². The van der Waals surface area contributed by atoms with Gasteiger partial charge in [-0.1, -0.05) is 43.8 Å². The molecule has 1 aromatic rings. The second-order valence-corrected chi connectivity index (χ2v) is 6.97. The van der Waals surface area contributed by atoms with Crippen LogP contribution in [0.3, 0.4) is 0 Å². The summed E-state index contributed by atoms with van der Waals surface area (Å²) in [4.78, 5) is 12.3. The molecule has 1 N–H and O–H groups in total. The van der Waals surface area contributed by atoms with Crippen molar-refractivity contribution in [3.63, 3.8) is 0 Å². The Morgan fingerprint density at radius 2 is 2.11 bits per heavy atom. The third kappa shape index (κ3) is 2.86. The zero-order chi connectivity index (χ0) is 14.2. The predicted molar refractivity (Wildman–Crippen MR) is 78.1 cm³/mol. The van der Waals surface area contributed by atoms with E-state index in [1.165, 1.54) is 16.9 Å². The molecule has 2 atom stereocenters. The van der Waals surface area contributed by atoms with Gasteiger partial charge < -0.3 is 5.32 Å². The van der Waals surface area contributed by atoms with Crippen molar-refractivity contribution in [3.05, 3.63) is 16.7 Å². The number of anilines is 1. The summed E-state index contributed by atoms with van der Waals surface area (Å²) in [6.07, 6.45) is 3.05. The second-order valence-electron chi connectivity index (χ2n) is 5.91. The minimum Gasteiger partial charge on any atom is -0.300 e. The number of carbonyl (C=O) groups excluding carboxylic acids is 1. The number of allylic oxidation sites excluding steroid dienone is 2. The molecular formula is C14H21N3OS. The summed E-state index contributed by atoms with van der Waals surface area (Å²) < 4.78 is 0. The molecule has 0 saturated heterocycles. The zero-order valence-corrected chi connectivity index (χ0v) is 13.0. The lowest BCUT2D eigenvalue weighted by Crippen LogP contribution is -2.16. The first kappa shape index (κ1) is 14.2. The number of rotatable bonds is 4. The molecule has 0 unspecified atom stereocenters. The molecule has 19 heavy (non-hydrogen) atoms. The Hall–Kier alpha value is -1.23. The van der Waals surface area contributed by atoms with Crippen molar-refractivity contribution >= 4 is 22.4 Å². The highest BCUT2D eigenvalue weighted by Gasteiger charge is 2.60. The third-order valence-electron chi connectivity index (χ3n) is 3.71. The molecule has 1 amide bonds. The second kappa shape index (κ2) is 5.04. The first-order chi connectivity index (χ1) is 8.86. The van der Waals surface area contributed by atoms with E-state index in [1.807, 2.05) is 6.92 Å². The van der Waals surface area contributed by atoms with E-state index >= 15 is 0 Å². The minimum atomic E-state index is 0.0383. The highest BCUT2D eigenvalue weighted by molar-refractivity contribution is 7.15. The van der Waals surface area contributed by atoms with E-state index in [1.54, 1.807) is 0 Å². The van der Waals surface area contributed by atoms with Gasteiger partial charge in [-0.3, -0.25) is 4.79 Å². The van der Waals surface area contributed by atoms with Crippen LogP contribution < -0.4 is 5.32 Å². The number of hydrogen-bond acceptors (Lipinski definition) is 4. The topological polar surface area (TPSA) is 54.9 Å². The zero-order valence-electron chi connectivity index (χ0n) is 12.2. The molecule has 1 saturated carbocycles. The van der Waals surface area contributed by atoms with Crippen molar-refractivity contribution in [1.29, 1.82) is 0 Å². The number of aromatic nitrogens is 2. The maximum atomic E-state index is 12.3. The van der Waals surface area contributed by atoms with Gasteiger partial charge in [0.1, 0.15) is 5.01 Å². The van der Waals surface area contributed by atoms with Crippen LogP contribution in [0.2, 0.25) is 0 Å². The predicted octanol–water partition coefficient (Wildman–Crippen LogP) is 3.28. The third-order valence-corrected chi connectivity index (χ3v) is 4.69. The maximum Gasteiger partial charge on any atom is 0.230 e. The lowest BCUT2D eigenvalue weighted by Gasteiger charge is -2.01. The van der Waals surface area contributed by atoms with E-state index in [0.717, 1.165) is 11.4 Å². The van der Waals surface area contributed by atoms with Gasteiger partial charge in [-0.25, -0.2) is 0 Å². The normalized spacial score (nSPS) is 23.8. The van der Waals surface area contributed by atoms with Crippen molar-refractivity contribution in [2.24, 2.45) is 17.3 Å². The van der Waals surface area contributed by atoms with Crippen LogP contribution in [0.4, 0.5) is 5.13 Å². The molecule has 1 aromatic heterocycles. The largest absolute Gasteiger partial charge is 0.300 e. The van der Waals surface area contributed by atoms with Gasteiger partial charge in [-0.05, 0) is 31.6 Å². The summed E-state index contributed by atoms with van der Waals surface area (Å²) in [5.41, 5.74) is 1.30. The molecular weight excluding hydrogens is 258 g/mol. The molecule has 0 radical (unpaired) electrons. The van der Waals surface area contributed by atoms with Crippen LogP contribution in [-0.2, 0) is 11.2 Å². The van der Waals surface area contributed by atoms with Crippen molar-refractivity contribution < 1.29 is 4.79 Å².